The molecule has 108 valence electrons. The van der Waals surface area contributed by atoms with Gasteiger partial charge in [0.1, 0.15) is 5.69 Å². The van der Waals surface area contributed by atoms with E-state index in [4.69, 9.17) is 4.74 Å². The third kappa shape index (κ3) is 1.72. The molecule has 22 heavy (non-hydrogen) atoms. The number of carbonyl (C=O) groups is 1. The van der Waals surface area contributed by atoms with E-state index in [0.717, 1.165) is 26.5 Å². The van der Waals surface area contributed by atoms with E-state index in [1.165, 1.54) is 0 Å². The van der Waals surface area contributed by atoms with E-state index in [1.807, 2.05) is 37.3 Å². The summed E-state index contributed by atoms with van der Waals surface area (Å²) in [5, 5.41) is 1.67. The normalized spacial score (nSPS) is 12.4. The predicted molar refractivity (Wildman–Crippen MR) is 87.3 cm³/mol. The van der Waals surface area contributed by atoms with Gasteiger partial charge < -0.3 is 4.74 Å². The number of aromatic nitrogens is 2. The van der Waals surface area contributed by atoms with Crippen molar-refractivity contribution in [3.05, 3.63) is 52.3 Å². The van der Waals surface area contributed by atoms with E-state index >= 15 is 0 Å². The number of fused-ring (bicyclic) bond motifs is 2. The van der Waals surface area contributed by atoms with E-state index in [-0.39, 0.29) is 5.78 Å². The summed E-state index contributed by atoms with van der Waals surface area (Å²) in [6.45, 7) is 2.37. The fraction of sp³-hybridized carbons (Fsp3) is 0.118. The fourth-order valence-electron chi connectivity index (χ4n) is 2.82. The number of nitrogens with zero attached hydrogens (tertiary/aromatic N) is 2. The number of ketones is 1. The molecule has 5 heteroatoms. The van der Waals surface area contributed by atoms with Gasteiger partial charge in [0.2, 0.25) is 11.7 Å². The summed E-state index contributed by atoms with van der Waals surface area (Å²) in [7, 11) is 0. The predicted octanol–water partition coefficient (Wildman–Crippen LogP) is 4.00. The third-order valence-electron chi connectivity index (χ3n) is 3.75. The Labute approximate surface area is 135 Å². The van der Waals surface area contributed by atoms with Gasteiger partial charge in [0.05, 0.1) is 16.8 Å². The van der Waals surface area contributed by atoms with Crippen LogP contribution >= 0.6 is 15.9 Å². The molecule has 0 aliphatic heterocycles. The molecule has 0 radical (unpaired) electrons. The number of halogens is 1. The van der Waals surface area contributed by atoms with Crippen LogP contribution in [0, 0.1) is 0 Å². The lowest BCUT2D eigenvalue weighted by molar-refractivity contribution is 0.103. The molecule has 1 aromatic carbocycles. The van der Waals surface area contributed by atoms with Gasteiger partial charge in [-0.25, -0.2) is 4.98 Å². The first kappa shape index (κ1) is 13.4. The van der Waals surface area contributed by atoms with Gasteiger partial charge >= 0.3 is 0 Å². The maximum atomic E-state index is 12.8. The molecule has 0 unspecified atom stereocenters. The summed E-state index contributed by atoms with van der Waals surface area (Å²) in [5.41, 5.74) is 2.68. The molecule has 1 aliphatic carbocycles. The summed E-state index contributed by atoms with van der Waals surface area (Å²) in [5.74, 6) is 0.351. The summed E-state index contributed by atoms with van der Waals surface area (Å²) < 4.78 is 6.31. The number of hydrogen-bond acceptors (Lipinski definition) is 4. The minimum absolute atomic E-state index is 0.0884. The molecule has 3 aromatic rings. The lowest BCUT2D eigenvalue weighted by Crippen LogP contribution is -2.14. The van der Waals surface area contributed by atoms with E-state index in [1.54, 1.807) is 6.20 Å². The van der Waals surface area contributed by atoms with Crippen LogP contribution in [-0.2, 0) is 0 Å². The summed E-state index contributed by atoms with van der Waals surface area (Å²) in [4.78, 5) is 21.7. The van der Waals surface area contributed by atoms with Gasteiger partial charge in [-0.15, -0.1) is 0 Å². The summed E-state index contributed by atoms with van der Waals surface area (Å²) >= 11 is 3.54. The van der Waals surface area contributed by atoms with Gasteiger partial charge in [0.15, 0.2) is 0 Å². The highest BCUT2D eigenvalue weighted by Gasteiger charge is 2.29. The van der Waals surface area contributed by atoms with Crippen LogP contribution in [0.4, 0.5) is 0 Å². The molecule has 0 amide bonds. The van der Waals surface area contributed by atoms with Gasteiger partial charge in [0.25, 0.3) is 0 Å². The van der Waals surface area contributed by atoms with Crippen LogP contribution in [0.3, 0.4) is 0 Å². The van der Waals surface area contributed by atoms with Crippen molar-refractivity contribution in [3.63, 3.8) is 0 Å². The Morgan fingerprint density at radius 2 is 1.91 bits per heavy atom. The molecule has 0 fully saturated rings. The molecular weight excluding hydrogens is 344 g/mol. The van der Waals surface area contributed by atoms with Gasteiger partial charge in [-0.2, -0.15) is 0 Å². The molecule has 0 saturated carbocycles. The topological polar surface area (TPSA) is 52.1 Å². The van der Waals surface area contributed by atoms with Crippen LogP contribution in [0.25, 0.3) is 22.0 Å². The Morgan fingerprint density at radius 1 is 1.14 bits per heavy atom. The van der Waals surface area contributed by atoms with Crippen LogP contribution in [-0.4, -0.2) is 22.4 Å². The summed E-state index contributed by atoms with van der Waals surface area (Å²) in [6, 6.07) is 9.37. The monoisotopic (exact) mass is 354 g/mol. The zero-order valence-electron chi connectivity index (χ0n) is 11.8. The standard InChI is InChI=1S/C17H11BrN2O2/c1-2-22-17-13(18)11-7-8-19-14-9-5-3-4-6-10(9)16(21)15(20-17)12(11)14/h3-8H,2H2,1H3. The first-order valence-electron chi connectivity index (χ1n) is 6.97. The highest BCUT2D eigenvalue weighted by molar-refractivity contribution is 9.10. The van der Waals surface area contributed by atoms with Crippen molar-refractivity contribution < 1.29 is 9.53 Å². The largest absolute Gasteiger partial charge is 0.477 e. The van der Waals surface area contributed by atoms with E-state index in [9.17, 15) is 4.79 Å². The number of hydrogen-bond donors (Lipinski definition) is 0. The summed E-state index contributed by atoms with van der Waals surface area (Å²) in [6.07, 6.45) is 1.74. The molecule has 0 N–H and O–H groups in total. The highest BCUT2D eigenvalue weighted by atomic mass is 79.9. The molecular formula is C17H11BrN2O2. The van der Waals surface area contributed by atoms with E-state index in [0.29, 0.717) is 23.7 Å². The van der Waals surface area contributed by atoms with Crippen LogP contribution in [0.1, 0.15) is 23.0 Å². The Morgan fingerprint density at radius 3 is 2.68 bits per heavy atom. The number of pyridine rings is 2. The van der Waals surface area contributed by atoms with Crippen molar-refractivity contribution in [2.24, 2.45) is 0 Å². The molecule has 0 atom stereocenters. The van der Waals surface area contributed by atoms with Crippen molar-refractivity contribution in [1.29, 1.82) is 0 Å². The van der Waals surface area contributed by atoms with Crippen molar-refractivity contribution in [1.82, 2.24) is 9.97 Å². The quantitative estimate of drug-likeness (QED) is 0.545. The Kier molecular flexibility index (Phi) is 2.97. The second-order valence-corrected chi connectivity index (χ2v) is 5.76. The minimum Gasteiger partial charge on any atom is -0.477 e. The smallest absolute Gasteiger partial charge is 0.229 e. The van der Waals surface area contributed by atoms with Crippen LogP contribution in [0.2, 0.25) is 0 Å². The van der Waals surface area contributed by atoms with Gasteiger partial charge in [0, 0.05) is 28.1 Å². The maximum absolute atomic E-state index is 12.8. The molecule has 4 nitrogen and oxygen atoms in total. The average molecular weight is 355 g/mol. The third-order valence-corrected chi connectivity index (χ3v) is 4.51. The highest BCUT2D eigenvalue weighted by Crippen LogP contribution is 2.42. The maximum Gasteiger partial charge on any atom is 0.229 e. The van der Waals surface area contributed by atoms with E-state index < -0.39 is 0 Å². The Bertz CT molecular complexity index is 937. The SMILES string of the molecule is CCOc1nc2c3c(nccc3c1Br)-c1ccccc1C2=O. The van der Waals surface area contributed by atoms with Gasteiger partial charge in [-0.3, -0.25) is 9.78 Å². The Hall–Kier alpha value is -2.27. The number of carbonyl (C=O) groups excluding carboxylic acids is 1. The van der Waals surface area contributed by atoms with Crippen molar-refractivity contribution in [2.75, 3.05) is 6.61 Å². The second kappa shape index (κ2) is 4.88. The van der Waals surface area contributed by atoms with Gasteiger partial charge in [-0.05, 0) is 28.9 Å². The van der Waals surface area contributed by atoms with Crippen molar-refractivity contribution in [2.45, 2.75) is 6.92 Å². The lowest BCUT2D eigenvalue weighted by atomic mass is 9.89. The zero-order chi connectivity index (χ0) is 15.3. The van der Waals surface area contributed by atoms with Crippen molar-refractivity contribution in [3.8, 4) is 17.1 Å². The molecule has 0 bridgehead atoms. The van der Waals surface area contributed by atoms with Crippen LogP contribution in [0.5, 0.6) is 5.88 Å². The first-order valence-corrected chi connectivity index (χ1v) is 7.76. The second-order valence-electron chi connectivity index (χ2n) is 4.97. The van der Waals surface area contributed by atoms with E-state index in [2.05, 4.69) is 25.9 Å². The number of benzene rings is 1. The molecule has 0 saturated heterocycles. The molecule has 2 heterocycles. The number of ether oxygens (including phenoxy) is 1. The molecule has 4 rings (SSSR count). The average Bonchev–Trinajstić information content (AvgIpc) is 2.56. The lowest BCUT2D eigenvalue weighted by Gasteiger charge is -2.19. The van der Waals surface area contributed by atoms with Gasteiger partial charge in [-0.1, -0.05) is 24.3 Å². The molecule has 1 aliphatic rings. The van der Waals surface area contributed by atoms with Crippen LogP contribution in [0.15, 0.2) is 41.0 Å². The molecule has 0 spiro atoms. The molecule has 2 aromatic heterocycles. The number of rotatable bonds is 2. The minimum atomic E-state index is -0.0884. The first-order chi connectivity index (χ1) is 10.7. The zero-order valence-corrected chi connectivity index (χ0v) is 13.3. The van der Waals surface area contributed by atoms with Crippen LogP contribution < -0.4 is 4.74 Å². The van der Waals surface area contributed by atoms with Crippen molar-refractivity contribution >= 4 is 32.5 Å². The fourth-order valence-corrected chi connectivity index (χ4v) is 3.36. The Balaban J connectivity index is 2.17.